The second kappa shape index (κ2) is 7.79. The summed E-state index contributed by atoms with van der Waals surface area (Å²) in [5, 5.41) is 23.3. The Hall–Kier alpha value is -1.87. The third kappa shape index (κ3) is 4.87. The normalized spacial score (nSPS) is 29.0. The van der Waals surface area contributed by atoms with E-state index in [1.165, 1.54) is 6.92 Å². The lowest BCUT2D eigenvalue weighted by molar-refractivity contribution is -0.143. The summed E-state index contributed by atoms with van der Waals surface area (Å²) >= 11 is 0. The number of carbonyl (C=O) groups is 2. The molecule has 0 saturated heterocycles. The van der Waals surface area contributed by atoms with E-state index in [0.29, 0.717) is 6.42 Å². The van der Waals surface area contributed by atoms with Crippen LogP contribution in [-0.4, -0.2) is 59.5 Å². The molecule has 1 aliphatic rings. The molecule has 9 nitrogen and oxygen atoms in total. The van der Waals surface area contributed by atoms with E-state index in [-0.39, 0.29) is 19.0 Å². The monoisotopic (exact) mass is 303 g/mol. The van der Waals surface area contributed by atoms with Gasteiger partial charge in [0.15, 0.2) is 0 Å². The summed E-state index contributed by atoms with van der Waals surface area (Å²) in [6.45, 7) is 3.07. The first-order valence-electron chi connectivity index (χ1n) is 6.62. The molecule has 1 aliphatic carbocycles. The molecule has 9 heteroatoms. The van der Waals surface area contributed by atoms with Gasteiger partial charge in [0.05, 0.1) is 25.4 Å². The van der Waals surface area contributed by atoms with E-state index in [1.54, 1.807) is 6.92 Å². The largest absolute Gasteiger partial charge is 0.465 e. The van der Waals surface area contributed by atoms with Gasteiger partial charge < -0.3 is 30.8 Å². The Morgan fingerprint density at radius 1 is 1.33 bits per heavy atom. The molecule has 1 saturated carbocycles. The predicted molar refractivity (Wildman–Crippen MR) is 71.9 cm³/mol. The maximum absolute atomic E-state index is 11.2. The van der Waals surface area contributed by atoms with Gasteiger partial charge in [0.25, 0.3) is 0 Å². The fourth-order valence-electron chi connectivity index (χ4n) is 2.05. The van der Waals surface area contributed by atoms with Crippen molar-refractivity contribution < 1.29 is 29.3 Å². The van der Waals surface area contributed by atoms with Crippen molar-refractivity contribution in [3.63, 3.8) is 0 Å². The van der Waals surface area contributed by atoms with Crippen molar-refractivity contribution in [2.45, 2.75) is 38.5 Å². The summed E-state index contributed by atoms with van der Waals surface area (Å²) in [7, 11) is 0. The number of nitrogens with zero attached hydrogens (tertiary/aromatic N) is 1. The lowest BCUT2D eigenvalue weighted by Crippen LogP contribution is -2.39. The fourth-order valence-corrected chi connectivity index (χ4v) is 2.05. The molecule has 1 rings (SSSR count). The number of hydrogen-bond donors (Lipinski definition) is 4. The first-order valence-corrected chi connectivity index (χ1v) is 6.62. The number of nitrogens with one attached hydrogen (secondary N) is 1. The number of carbonyl (C=O) groups excluding carboxylic acids is 2. The highest BCUT2D eigenvalue weighted by Gasteiger charge is 2.42. The van der Waals surface area contributed by atoms with Gasteiger partial charge in [-0.25, -0.2) is 4.79 Å². The number of aliphatic hydroxyl groups is 2. The lowest BCUT2D eigenvalue weighted by Gasteiger charge is -2.16. The van der Waals surface area contributed by atoms with E-state index in [0.717, 1.165) is 0 Å². The average Bonchev–Trinajstić information content (AvgIpc) is 2.70. The highest BCUT2D eigenvalue weighted by Crippen LogP contribution is 2.27. The minimum absolute atomic E-state index is 0.00279. The van der Waals surface area contributed by atoms with Gasteiger partial charge >= 0.3 is 11.9 Å². The first-order chi connectivity index (χ1) is 9.86. The summed E-state index contributed by atoms with van der Waals surface area (Å²) < 4.78 is 9.46. The van der Waals surface area contributed by atoms with Crippen LogP contribution < -0.4 is 11.2 Å². The Balaban J connectivity index is 2.54. The number of rotatable bonds is 5. The summed E-state index contributed by atoms with van der Waals surface area (Å²) in [6.07, 6.45) is -1.85. The molecule has 0 aliphatic heterocycles. The van der Waals surface area contributed by atoms with E-state index in [2.05, 4.69) is 15.3 Å². The predicted octanol–water partition coefficient (Wildman–Crippen LogP) is -1.92. The number of ether oxygens (including phenoxy) is 2. The molecule has 0 aromatic carbocycles. The van der Waals surface area contributed by atoms with Crippen molar-refractivity contribution in [2.24, 2.45) is 16.8 Å². The summed E-state index contributed by atoms with van der Waals surface area (Å²) in [5.74, 6) is -2.02. The molecule has 0 aromatic rings. The van der Waals surface area contributed by atoms with Crippen LogP contribution >= 0.6 is 0 Å². The second-order valence-electron chi connectivity index (χ2n) is 4.73. The molecule has 120 valence electrons. The van der Waals surface area contributed by atoms with Gasteiger partial charge in [-0.1, -0.05) is 0 Å². The van der Waals surface area contributed by atoms with E-state index in [4.69, 9.17) is 10.5 Å². The van der Waals surface area contributed by atoms with Crippen LogP contribution in [-0.2, 0) is 19.1 Å². The van der Waals surface area contributed by atoms with E-state index in [9.17, 15) is 19.8 Å². The Bertz CT molecular complexity index is 414. The average molecular weight is 303 g/mol. The molecular formula is C12H21N3O6. The number of hydrogen-bond acceptors (Lipinski definition) is 8. The van der Waals surface area contributed by atoms with Crippen molar-refractivity contribution >= 4 is 17.8 Å². The van der Waals surface area contributed by atoms with Gasteiger partial charge in [0.2, 0.25) is 5.84 Å². The van der Waals surface area contributed by atoms with Gasteiger partial charge in [-0.15, -0.1) is 0 Å². The van der Waals surface area contributed by atoms with E-state index >= 15 is 0 Å². The number of amidine groups is 1. The van der Waals surface area contributed by atoms with Crippen LogP contribution in [0.15, 0.2) is 5.10 Å². The molecule has 0 radical (unpaired) electrons. The summed E-state index contributed by atoms with van der Waals surface area (Å²) in [5.41, 5.74) is 7.92. The van der Waals surface area contributed by atoms with Crippen LogP contribution in [0.4, 0.5) is 0 Å². The Kier molecular flexibility index (Phi) is 6.38. The number of nitrogens with two attached hydrogens (primary N) is 1. The molecule has 4 atom stereocenters. The smallest absolute Gasteiger partial charge is 0.375 e. The van der Waals surface area contributed by atoms with Crippen molar-refractivity contribution in [1.29, 1.82) is 0 Å². The maximum Gasteiger partial charge on any atom is 0.375 e. The van der Waals surface area contributed by atoms with Gasteiger partial charge in [0, 0.05) is 12.8 Å². The zero-order valence-corrected chi connectivity index (χ0v) is 12.0. The third-order valence-electron chi connectivity index (χ3n) is 3.14. The van der Waals surface area contributed by atoms with Crippen LogP contribution in [0, 0.1) is 5.92 Å². The molecule has 21 heavy (non-hydrogen) atoms. The Morgan fingerprint density at radius 3 is 2.57 bits per heavy atom. The van der Waals surface area contributed by atoms with Crippen LogP contribution in [0.2, 0.25) is 0 Å². The van der Waals surface area contributed by atoms with Crippen molar-refractivity contribution in [3.8, 4) is 0 Å². The highest BCUT2D eigenvalue weighted by atomic mass is 16.5. The minimum Gasteiger partial charge on any atom is -0.465 e. The zero-order chi connectivity index (χ0) is 16.0. The SMILES string of the molecule is CCOC(=O)/C(N)=N/N[C@@H]1C[C@H](COC(C)=O)[C@@H](O)[C@H]1O. The first kappa shape index (κ1) is 17.2. The second-order valence-corrected chi connectivity index (χ2v) is 4.73. The fraction of sp³-hybridized carbons (Fsp3) is 0.750. The molecule has 0 amide bonds. The van der Waals surface area contributed by atoms with E-state index < -0.39 is 36.1 Å². The van der Waals surface area contributed by atoms with Crippen LogP contribution in [0.1, 0.15) is 20.3 Å². The number of aliphatic hydroxyl groups excluding tert-OH is 2. The quantitative estimate of drug-likeness (QED) is 0.199. The molecule has 1 fully saturated rings. The third-order valence-corrected chi connectivity index (χ3v) is 3.14. The van der Waals surface area contributed by atoms with Crippen LogP contribution in [0.25, 0.3) is 0 Å². The molecule has 0 heterocycles. The topological polar surface area (TPSA) is 143 Å². The van der Waals surface area contributed by atoms with Crippen molar-refractivity contribution in [2.75, 3.05) is 13.2 Å². The summed E-state index contributed by atoms with van der Waals surface area (Å²) in [4.78, 5) is 22.0. The number of hydrazone groups is 1. The molecule has 0 bridgehead atoms. The molecular weight excluding hydrogens is 282 g/mol. The molecule has 0 aromatic heterocycles. The Labute approximate surface area is 122 Å². The van der Waals surface area contributed by atoms with E-state index in [1.807, 2.05) is 0 Å². The van der Waals surface area contributed by atoms with Gasteiger partial charge in [0.1, 0.15) is 6.10 Å². The molecule has 0 spiro atoms. The lowest BCUT2D eigenvalue weighted by atomic mass is 10.1. The molecule has 0 unspecified atom stereocenters. The van der Waals surface area contributed by atoms with Crippen LogP contribution in [0.3, 0.4) is 0 Å². The van der Waals surface area contributed by atoms with Crippen molar-refractivity contribution in [3.05, 3.63) is 0 Å². The van der Waals surface area contributed by atoms with Crippen molar-refractivity contribution in [1.82, 2.24) is 5.43 Å². The zero-order valence-electron chi connectivity index (χ0n) is 12.0. The minimum atomic E-state index is -1.11. The van der Waals surface area contributed by atoms with Gasteiger partial charge in [-0.2, -0.15) is 5.10 Å². The van der Waals surface area contributed by atoms with Crippen LogP contribution in [0.5, 0.6) is 0 Å². The van der Waals surface area contributed by atoms with Gasteiger partial charge in [-0.05, 0) is 13.3 Å². The standard InChI is InChI=1S/C12H21N3O6/c1-3-20-12(19)11(13)15-14-8-4-7(5-21-6(2)16)9(17)10(8)18/h7-10,14,17-18H,3-5H2,1-2H3,(H2,13,15)/t7-,8-,9-,10+/m1/s1. The molecule has 5 N–H and O–H groups in total. The maximum atomic E-state index is 11.2. The highest BCUT2D eigenvalue weighted by molar-refractivity contribution is 6.34. The summed E-state index contributed by atoms with van der Waals surface area (Å²) in [6, 6.07) is -0.603. The number of esters is 2. The van der Waals surface area contributed by atoms with Gasteiger partial charge in [-0.3, -0.25) is 4.79 Å². The Morgan fingerprint density at radius 2 is 2.00 bits per heavy atom.